The maximum absolute atomic E-state index is 13.0. The number of benzene rings is 1. The lowest BCUT2D eigenvalue weighted by molar-refractivity contribution is -0.137. The minimum Gasteiger partial charge on any atom is -0.378 e. The molecule has 5 rings (SSSR count). The van der Waals surface area contributed by atoms with Gasteiger partial charge >= 0.3 is 0 Å². The number of hydrogen-bond acceptors (Lipinski definition) is 4. The highest BCUT2D eigenvalue weighted by Crippen LogP contribution is 2.42. The smallest absolute Gasteiger partial charge is 0.242 e. The summed E-state index contributed by atoms with van der Waals surface area (Å²) in [6, 6.07) is 3.51. The molecule has 2 aliphatic heterocycles. The van der Waals surface area contributed by atoms with E-state index in [1.54, 1.807) is 6.20 Å². The van der Waals surface area contributed by atoms with Gasteiger partial charge in [-0.15, -0.1) is 0 Å². The molecule has 1 amide bonds. The van der Waals surface area contributed by atoms with Crippen molar-refractivity contribution in [1.82, 2.24) is 25.0 Å². The molecule has 28 heavy (non-hydrogen) atoms. The zero-order valence-electron chi connectivity index (χ0n) is 15.0. The number of carbonyl (C=O) groups excluding carboxylic acids is 1. The van der Waals surface area contributed by atoms with Crippen LogP contribution in [-0.4, -0.2) is 57.9 Å². The first-order valence-electron chi connectivity index (χ1n) is 9.23. The van der Waals surface area contributed by atoms with E-state index in [9.17, 15) is 4.79 Å². The van der Waals surface area contributed by atoms with Crippen LogP contribution in [-0.2, 0) is 22.6 Å². The third-order valence-electron chi connectivity index (χ3n) is 5.48. The van der Waals surface area contributed by atoms with Gasteiger partial charge in [-0.25, -0.2) is 0 Å². The predicted molar refractivity (Wildman–Crippen MR) is 108 cm³/mol. The molecular formula is C19H19Cl2N5O2. The van der Waals surface area contributed by atoms with Gasteiger partial charge in [0.15, 0.2) is 0 Å². The Morgan fingerprint density at radius 1 is 1.29 bits per heavy atom. The van der Waals surface area contributed by atoms with Crippen molar-refractivity contribution in [2.24, 2.45) is 0 Å². The first-order valence-corrected chi connectivity index (χ1v) is 9.99. The van der Waals surface area contributed by atoms with E-state index < -0.39 is 0 Å². The highest BCUT2D eigenvalue weighted by atomic mass is 35.5. The minimum absolute atomic E-state index is 0.0680. The fourth-order valence-corrected chi connectivity index (χ4v) is 4.58. The summed E-state index contributed by atoms with van der Waals surface area (Å²) in [4.78, 5) is 14.9. The molecule has 7 nitrogen and oxygen atoms in total. The van der Waals surface area contributed by atoms with E-state index in [1.807, 2.05) is 23.2 Å². The van der Waals surface area contributed by atoms with E-state index in [1.165, 1.54) is 0 Å². The molecule has 1 unspecified atom stereocenters. The largest absolute Gasteiger partial charge is 0.378 e. The summed E-state index contributed by atoms with van der Waals surface area (Å²) >= 11 is 12.9. The monoisotopic (exact) mass is 419 g/mol. The van der Waals surface area contributed by atoms with Crippen LogP contribution in [0.15, 0.2) is 24.5 Å². The van der Waals surface area contributed by atoms with E-state index >= 15 is 0 Å². The molecule has 1 fully saturated rings. The fourth-order valence-electron chi connectivity index (χ4n) is 4.16. The van der Waals surface area contributed by atoms with Crippen molar-refractivity contribution in [3.05, 3.63) is 40.3 Å². The highest BCUT2D eigenvalue weighted by molar-refractivity contribution is 6.45. The van der Waals surface area contributed by atoms with Gasteiger partial charge in [-0.1, -0.05) is 29.3 Å². The van der Waals surface area contributed by atoms with Gasteiger partial charge < -0.3 is 19.5 Å². The zero-order chi connectivity index (χ0) is 19.3. The van der Waals surface area contributed by atoms with Crippen molar-refractivity contribution in [3.8, 4) is 11.1 Å². The number of nitrogens with one attached hydrogen (secondary N) is 2. The third-order valence-corrected chi connectivity index (χ3v) is 6.27. The summed E-state index contributed by atoms with van der Waals surface area (Å²) in [5, 5.41) is 12.3. The number of nitrogens with zero attached hydrogens (tertiary/aromatic N) is 3. The van der Waals surface area contributed by atoms with E-state index in [4.69, 9.17) is 27.9 Å². The molecule has 2 aromatic heterocycles. The molecule has 1 saturated heterocycles. The van der Waals surface area contributed by atoms with Crippen LogP contribution in [0.1, 0.15) is 5.69 Å². The van der Waals surface area contributed by atoms with Crippen LogP contribution in [0.2, 0.25) is 10.0 Å². The molecule has 146 valence electrons. The van der Waals surface area contributed by atoms with E-state index in [2.05, 4.69) is 20.1 Å². The highest BCUT2D eigenvalue weighted by Gasteiger charge is 2.32. The number of aromatic amines is 1. The lowest BCUT2D eigenvalue weighted by Gasteiger charge is -2.34. The van der Waals surface area contributed by atoms with Crippen molar-refractivity contribution in [2.75, 3.05) is 26.3 Å². The summed E-state index contributed by atoms with van der Waals surface area (Å²) < 4.78 is 7.64. The number of carbonyl (C=O) groups is 1. The van der Waals surface area contributed by atoms with Gasteiger partial charge in [-0.3, -0.25) is 9.89 Å². The van der Waals surface area contributed by atoms with Crippen LogP contribution < -0.4 is 5.32 Å². The lowest BCUT2D eigenvalue weighted by atomic mass is 10.0. The summed E-state index contributed by atoms with van der Waals surface area (Å²) in [5.41, 5.74) is 3.95. The Balaban J connectivity index is 1.61. The van der Waals surface area contributed by atoms with Crippen LogP contribution in [0.5, 0.6) is 0 Å². The first-order chi connectivity index (χ1) is 13.6. The molecule has 0 radical (unpaired) electrons. The Morgan fingerprint density at radius 2 is 2.18 bits per heavy atom. The third kappa shape index (κ3) is 2.81. The number of halogens is 2. The second-order valence-corrected chi connectivity index (χ2v) is 7.84. The van der Waals surface area contributed by atoms with Crippen LogP contribution in [0, 0.1) is 0 Å². The molecule has 1 atom stereocenters. The number of H-pyrrole nitrogens is 1. The van der Waals surface area contributed by atoms with Crippen LogP contribution in [0.3, 0.4) is 0 Å². The number of hydrogen-bond donors (Lipinski definition) is 2. The summed E-state index contributed by atoms with van der Waals surface area (Å²) in [7, 11) is 0. The normalized spacial score (nSPS) is 19.8. The summed E-state index contributed by atoms with van der Waals surface area (Å²) in [5.74, 6) is 0.0680. The van der Waals surface area contributed by atoms with E-state index in [-0.39, 0.29) is 11.9 Å². The van der Waals surface area contributed by atoms with Gasteiger partial charge in [-0.05, 0) is 6.07 Å². The standard InChI is InChI=1S/C19H19Cl2N5O2/c20-13-2-1-12-16(11-7-23-24-8-11)15-9-25(4-5-26(15)18(12)17(13)21)19(27)14-10-28-6-3-22-14/h1-2,7-8,14,22H,3-6,9-10H2,(H,23,24). The van der Waals surface area contributed by atoms with Crippen LogP contribution in [0.4, 0.5) is 0 Å². The molecule has 2 N–H and O–H groups in total. The maximum atomic E-state index is 13.0. The maximum Gasteiger partial charge on any atom is 0.242 e. The molecular weight excluding hydrogens is 401 g/mol. The van der Waals surface area contributed by atoms with Crippen LogP contribution >= 0.6 is 23.2 Å². The molecule has 0 bridgehead atoms. The Hall–Kier alpha value is -2.06. The van der Waals surface area contributed by atoms with E-state index in [0.29, 0.717) is 49.4 Å². The number of aromatic nitrogens is 3. The average Bonchev–Trinajstić information content (AvgIpc) is 3.36. The quantitative estimate of drug-likeness (QED) is 0.669. The number of rotatable bonds is 2. The summed E-state index contributed by atoms with van der Waals surface area (Å²) in [6.45, 7) is 3.51. The number of fused-ring (bicyclic) bond motifs is 3. The van der Waals surface area contributed by atoms with Crippen molar-refractivity contribution >= 4 is 40.0 Å². The van der Waals surface area contributed by atoms with Gasteiger partial charge in [0.25, 0.3) is 0 Å². The van der Waals surface area contributed by atoms with Crippen molar-refractivity contribution in [3.63, 3.8) is 0 Å². The van der Waals surface area contributed by atoms with Gasteiger partial charge in [0.05, 0.1) is 41.5 Å². The molecule has 4 heterocycles. The van der Waals surface area contributed by atoms with Gasteiger partial charge in [-0.2, -0.15) is 5.10 Å². The molecule has 0 spiro atoms. The second-order valence-electron chi connectivity index (χ2n) is 7.06. The van der Waals surface area contributed by atoms with Crippen molar-refractivity contribution in [1.29, 1.82) is 0 Å². The Labute approximate surface area is 171 Å². The fraction of sp³-hybridized carbons (Fsp3) is 0.368. The van der Waals surface area contributed by atoms with Gasteiger partial charge in [0, 0.05) is 48.0 Å². The molecule has 2 aliphatic rings. The average molecular weight is 420 g/mol. The lowest BCUT2D eigenvalue weighted by Crippen LogP contribution is -2.53. The van der Waals surface area contributed by atoms with Gasteiger partial charge in [0.2, 0.25) is 5.91 Å². The zero-order valence-corrected chi connectivity index (χ0v) is 16.6. The first kappa shape index (κ1) is 18.0. The second kappa shape index (κ2) is 7.08. The molecule has 1 aromatic carbocycles. The number of morpholine rings is 1. The Morgan fingerprint density at radius 3 is 2.93 bits per heavy atom. The number of amides is 1. The summed E-state index contributed by atoms with van der Waals surface area (Å²) in [6.07, 6.45) is 3.64. The Kier molecular flexibility index (Phi) is 4.55. The molecule has 0 aliphatic carbocycles. The van der Waals surface area contributed by atoms with E-state index in [0.717, 1.165) is 27.7 Å². The van der Waals surface area contributed by atoms with Crippen molar-refractivity contribution < 1.29 is 9.53 Å². The molecule has 9 heteroatoms. The molecule has 0 saturated carbocycles. The minimum atomic E-state index is -0.292. The predicted octanol–water partition coefficient (Wildman–Crippen LogP) is 2.67. The van der Waals surface area contributed by atoms with Crippen molar-refractivity contribution in [2.45, 2.75) is 19.1 Å². The topological polar surface area (TPSA) is 75.2 Å². The number of ether oxygens (including phenoxy) is 1. The molecule has 3 aromatic rings. The van der Waals surface area contributed by atoms with Gasteiger partial charge in [0.1, 0.15) is 6.04 Å². The Bertz CT molecular complexity index is 1040. The SMILES string of the molecule is O=C(C1COCCN1)N1CCn2c(c(-c3cn[nH]c3)c3ccc(Cl)c(Cl)c32)C1. The van der Waals surface area contributed by atoms with Crippen LogP contribution in [0.25, 0.3) is 22.0 Å².